The number of carbonyl (C=O) groups is 1. The lowest BCUT2D eigenvalue weighted by atomic mass is 10.1. The summed E-state index contributed by atoms with van der Waals surface area (Å²) in [7, 11) is 1.09. The first-order valence-electron chi connectivity index (χ1n) is 5.53. The third-order valence-corrected chi connectivity index (χ3v) is 2.83. The molecule has 0 spiro atoms. The molecule has 19 heavy (non-hydrogen) atoms. The van der Waals surface area contributed by atoms with Crippen LogP contribution < -0.4 is 0 Å². The van der Waals surface area contributed by atoms with Crippen LogP contribution in [0.15, 0.2) is 0 Å². The number of alkyl halides is 1. The van der Waals surface area contributed by atoms with Crippen molar-refractivity contribution in [3.05, 3.63) is 22.2 Å². The van der Waals surface area contributed by atoms with E-state index in [1.807, 2.05) is 0 Å². The van der Waals surface area contributed by atoms with Crippen LogP contribution in [0.5, 0.6) is 0 Å². The molecule has 1 aliphatic rings. The van der Waals surface area contributed by atoms with Crippen LogP contribution in [0, 0.1) is 6.92 Å². The van der Waals surface area contributed by atoms with Gasteiger partial charge in [0.05, 0.1) is 31.6 Å². The van der Waals surface area contributed by atoms with Crippen molar-refractivity contribution in [2.24, 2.45) is 0 Å². The molecule has 1 saturated heterocycles. The molecule has 1 fully saturated rings. The SMILES string of the molecule is COC(=O)C(F)c1nc(C)nc(Cl)c1C1OCCO1. The van der Waals surface area contributed by atoms with Gasteiger partial charge in [0.15, 0.2) is 6.29 Å². The number of ether oxygens (including phenoxy) is 3. The smallest absolute Gasteiger partial charge is 0.346 e. The highest BCUT2D eigenvalue weighted by atomic mass is 35.5. The lowest BCUT2D eigenvalue weighted by Gasteiger charge is -2.17. The molecule has 0 radical (unpaired) electrons. The Labute approximate surface area is 113 Å². The number of aryl methyl sites for hydroxylation is 1. The summed E-state index contributed by atoms with van der Waals surface area (Å²) < 4.78 is 29.0. The largest absolute Gasteiger partial charge is 0.467 e. The monoisotopic (exact) mass is 290 g/mol. The van der Waals surface area contributed by atoms with E-state index in [2.05, 4.69) is 14.7 Å². The van der Waals surface area contributed by atoms with Crippen molar-refractivity contribution in [1.29, 1.82) is 0 Å². The zero-order valence-electron chi connectivity index (χ0n) is 10.4. The van der Waals surface area contributed by atoms with Gasteiger partial charge in [-0.1, -0.05) is 11.6 Å². The second-order valence-electron chi connectivity index (χ2n) is 3.82. The van der Waals surface area contributed by atoms with Crippen LogP contribution in [-0.4, -0.2) is 36.3 Å². The Kier molecular flexibility index (Phi) is 4.28. The van der Waals surface area contributed by atoms with Gasteiger partial charge >= 0.3 is 5.97 Å². The van der Waals surface area contributed by atoms with Crippen molar-refractivity contribution in [1.82, 2.24) is 9.97 Å². The first kappa shape index (κ1) is 14.1. The number of methoxy groups -OCH3 is 1. The van der Waals surface area contributed by atoms with E-state index in [4.69, 9.17) is 21.1 Å². The fourth-order valence-corrected chi connectivity index (χ4v) is 2.03. The number of halogens is 2. The van der Waals surface area contributed by atoms with Gasteiger partial charge < -0.3 is 14.2 Å². The van der Waals surface area contributed by atoms with E-state index in [0.29, 0.717) is 13.2 Å². The lowest BCUT2D eigenvalue weighted by molar-refractivity contribution is -0.147. The van der Waals surface area contributed by atoms with E-state index < -0.39 is 18.4 Å². The second-order valence-corrected chi connectivity index (χ2v) is 4.18. The summed E-state index contributed by atoms with van der Waals surface area (Å²) >= 11 is 5.98. The number of aromatic nitrogens is 2. The topological polar surface area (TPSA) is 70.5 Å². The summed E-state index contributed by atoms with van der Waals surface area (Å²) in [4.78, 5) is 19.2. The van der Waals surface area contributed by atoms with Gasteiger partial charge in [0, 0.05) is 0 Å². The molecule has 2 rings (SSSR count). The van der Waals surface area contributed by atoms with E-state index >= 15 is 0 Å². The summed E-state index contributed by atoms with van der Waals surface area (Å²) in [5, 5.41) is 0.000882. The van der Waals surface area contributed by atoms with Gasteiger partial charge in [-0.05, 0) is 6.92 Å². The fourth-order valence-electron chi connectivity index (χ4n) is 1.72. The molecule has 8 heteroatoms. The van der Waals surface area contributed by atoms with Gasteiger partial charge in [0.25, 0.3) is 0 Å². The second kappa shape index (κ2) is 5.77. The predicted molar refractivity (Wildman–Crippen MR) is 62.3 cm³/mol. The number of hydrogen-bond donors (Lipinski definition) is 0. The van der Waals surface area contributed by atoms with Crippen molar-refractivity contribution < 1.29 is 23.4 Å². The molecule has 0 bridgehead atoms. The summed E-state index contributed by atoms with van der Waals surface area (Å²) in [5.74, 6) is -0.818. The highest BCUT2D eigenvalue weighted by molar-refractivity contribution is 6.30. The molecule has 104 valence electrons. The number of hydrogen-bond acceptors (Lipinski definition) is 6. The predicted octanol–water partition coefficient (Wildman–Crippen LogP) is 1.67. The lowest BCUT2D eigenvalue weighted by Crippen LogP contribution is -2.17. The van der Waals surface area contributed by atoms with Crippen LogP contribution >= 0.6 is 11.6 Å². The van der Waals surface area contributed by atoms with Crippen molar-refractivity contribution in [3.8, 4) is 0 Å². The minimum atomic E-state index is -2.06. The quantitative estimate of drug-likeness (QED) is 0.623. The third kappa shape index (κ3) is 2.83. The maximum Gasteiger partial charge on any atom is 0.346 e. The van der Waals surface area contributed by atoms with E-state index in [1.165, 1.54) is 0 Å². The molecule has 0 N–H and O–H groups in total. The highest BCUT2D eigenvalue weighted by Gasteiger charge is 2.33. The summed E-state index contributed by atoms with van der Waals surface area (Å²) in [6.45, 7) is 2.24. The molecule has 2 heterocycles. The molecular formula is C11H12ClFN2O4. The average Bonchev–Trinajstić information content (AvgIpc) is 2.89. The van der Waals surface area contributed by atoms with Crippen molar-refractivity contribution >= 4 is 17.6 Å². The molecule has 0 aromatic carbocycles. The van der Waals surface area contributed by atoms with Crippen LogP contribution in [0.25, 0.3) is 0 Å². The maximum absolute atomic E-state index is 14.1. The van der Waals surface area contributed by atoms with E-state index in [1.54, 1.807) is 6.92 Å². The fraction of sp³-hybridized carbons (Fsp3) is 0.545. The Morgan fingerprint density at radius 3 is 2.68 bits per heavy atom. The zero-order valence-corrected chi connectivity index (χ0v) is 11.1. The van der Waals surface area contributed by atoms with Gasteiger partial charge in [0.2, 0.25) is 6.17 Å². The zero-order chi connectivity index (χ0) is 14.0. The van der Waals surface area contributed by atoms with Gasteiger partial charge in [0.1, 0.15) is 11.0 Å². The Morgan fingerprint density at radius 1 is 1.47 bits per heavy atom. The van der Waals surface area contributed by atoms with Crippen molar-refractivity contribution in [3.63, 3.8) is 0 Å². The van der Waals surface area contributed by atoms with Crippen LogP contribution in [0.4, 0.5) is 4.39 Å². The average molecular weight is 291 g/mol. The van der Waals surface area contributed by atoms with Gasteiger partial charge in [-0.25, -0.2) is 19.2 Å². The highest BCUT2D eigenvalue weighted by Crippen LogP contribution is 2.34. The minimum absolute atomic E-state index is 0.000882. The molecule has 1 unspecified atom stereocenters. The standard InChI is InChI=1S/C11H12ClFN2O4/c1-5-14-8(7(13)10(16)17-2)6(9(12)15-5)11-18-3-4-19-11/h7,11H,3-4H2,1-2H3. The number of nitrogens with zero attached hydrogens (tertiary/aromatic N) is 2. The number of rotatable bonds is 3. The molecule has 0 aliphatic carbocycles. The van der Waals surface area contributed by atoms with E-state index in [9.17, 15) is 9.18 Å². The molecule has 1 aliphatic heterocycles. The minimum Gasteiger partial charge on any atom is -0.467 e. The number of esters is 1. The normalized spacial score (nSPS) is 17.5. The summed E-state index contributed by atoms with van der Waals surface area (Å²) in [6, 6.07) is 0. The molecule has 0 amide bonds. The molecule has 1 aromatic rings. The third-order valence-electron chi connectivity index (χ3n) is 2.55. The number of carbonyl (C=O) groups excluding carboxylic acids is 1. The Bertz CT molecular complexity index is 494. The Morgan fingerprint density at radius 2 is 2.11 bits per heavy atom. The van der Waals surface area contributed by atoms with E-state index in [-0.39, 0.29) is 22.2 Å². The first-order valence-corrected chi connectivity index (χ1v) is 5.91. The van der Waals surface area contributed by atoms with Crippen LogP contribution in [0.1, 0.15) is 29.5 Å². The summed E-state index contributed by atoms with van der Waals surface area (Å²) in [6.07, 6.45) is -2.93. The van der Waals surface area contributed by atoms with Crippen molar-refractivity contribution in [2.45, 2.75) is 19.4 Å². The van der Waals surface area contributed by atoms with Gasteiger partial charge in [-0.2, -0.15) is 0 Å². The van der Waals surface area contributed by atoms with Crippen LogP contribution in [0.2, 0.25) is 5.15 Å². The van der Waals surface area contributed by atoms with Gasteiger partial charge in [-0.15, -0.1) is 0 Å². The molecule has 0 saturated carbocycles. The first-order chi connectivity index (χ1) is 9.04. The maximum atomic E-state index is 14.1. The molecule has 1 aromatic heterocycles. The van der Waals surface area contributed by atoms with Crippen LogP contribution in [0.3, 0.4) is 0 Å². The summed E-state index contributed by atoms with van der Waals surface area (Å²) in [5.41, 5.74) is -0.0566. The molecule has 6 nitrogen and oxygen atoms in total. The van der Waals surface area contributed by atoms with Crippen LogP contribution in [-0.2, 0) is 19.0 Å². The van der Waals surface area contributed by atoms with E-state index in [0.717, 1.165) is 7.11 Å². The van der Waals surface area contributed by atoms with Gasteiger partial charge in [-0.3, -0.25) is 0 Å². The molecule has 1 atom stereocenters. The Hall–Kier alpha value is -1.31. The van der Waals surface area contributed by atoms with Crippen molar-refractivity contribution in [2.75, 3.05) is 20.3 Å². The Balaban J connectivity index is 2.47. The molecular weight excluding hydrogens is 279 g/mol.